The highest BCUT2D eigenvalue weighted by Gasteiger charge is 2.40. The molecule has 2 aliphatic carbocycles. The predicted octanol–water partition coefficient (Wildman–Crippen LogP) is 13.8. The summed E-state index contributed by atoms with van der Waals surface area (Å²) < 4.78 is 16.7. The topological polar surface area (TPSA) is 174 Å². The number of ketones is 1. The van der Waals surface area contributed by atoms with E-state index in [1.165, 1.54) is 18.2 Å². The van der Waals surface area contributed by atoms with Gasteiger partial charge in [0.2, 0.25) is 0 Å². The summed E-state index contributed by atoms with van der Waals surface area (Å²) in [5, 5.41) is 28.2. The molecule has 0 amide bonds. The van der Waals surface area contributed by atoms with Crippen LogP contribution >= 0.6 is 0 Å². The molecule has 4 rings (SSSR count). The summed E-state index contributed by atoms with van der Waals surface area (Å²) in [5.41, 5.74) is 9.09. The van der Waals surface area contributed by atoms with Crippen molar-refractivity contribution in [3.63, 3.8) is 0 Å². The smallest absolute Gasteiger partial charge is 0.311 e. The van der Waals surface area contributed by atoms with Crippen LogP contribution in [0.25, 0.3) is 12.2 Å². The molecule has 0 spiro atoms. The Labute approximate surface area is 437 Å². The number of carboxylic acids is 1. The molecule has 0 bridgehead atoms. The molecule has 3 N–H and O–H groups in total. The number of Topliss-reactive ketones (excluding diaryl/α,β-unsaturated/α-hetero) is 1. The number of ether oxygens (including phenoxy) is 3. The van der Waals surface area contributed by atoms with Crippen LogP contribution in [0.3, 0.4) is 0 Å². The quantitative estimate of drug-likeness (QED) is 0.0470. The number of aromatic hydroxyl groups is 2. The highest BCUT2D eigenvalue weighted by atomic mass is 16.6. The van der Waals surface area contributed by atoms with Gasteiger partial charge in [0.05, 0.1) is 25.7 Å². The van der Waals surface area contributed by atoms with E-state index in [-0.39, 0.29) is 48.4 Å². The number of carbonyl (C=O) groups is 5. The van der Waals surface area contributed by atoms with Crippen LogP contribution in [-0.2, 0) is 33.4 Å². The number of aliphatic carboxylic acids is 1. The Bertz CT molecular complexity index is 2820. The lowest BCUT2D eigenvalue weighted by Crippen LogP contribution is -2.39. The number of rotatable bonds is 21. The molecule has 74 heavy (non-hydrogen) atoms. The summed E-state index contributed by atoms with van der Waals surface area (Å²) in [5.74, 6) is -2.84. The maximum atomic E-state index is 13.1. The Morgan fingerprint density at radius 1 is 0.581 bits per heavy atom. The van der Waals surface area contributed by atoms with Crippen molar-refractivity contribution >= 4 is 41.8 Å². The van der Waals surface area contributed by atoms with Crippen LogP contribution < -0.4 is 4.74 Å². The molecule has 2 aromatic rings. The highest BCUT2D eigenvalue weighted by molar-refractivity contribution is 6.01. The van der Waals surface area contributed by atoms with Gasteiger partial charge in [0.1, 0.15) is 23.4 Å². The molecule has 11 heteroatoms. The van der Waals surface area contributed by atoms with Crippen LogP contribution in [0.5, 0.6) is 17.2 Å². The Morgan fingerprint density at radius 3 is 1.54 bits per heavy atom. The zero-order valence-electron chi connectivity index (χ0n) is 44.5. The lowest BCUT2D eigenvalue weighted by atomic mass is 9.70. The van der Waals surface area contributed by atoms with E-state index in [4.69, 9.17) is 19.3 Å². The van der Waals surface area contributed by atoms with Gasteiger partial charge in [-0.15, -0.1) is 0 Å². The van der Waals surface area contributed by atoms with Gasteiger partial charge in [0, 0.05) is 12.5 Å². The number of allylic oxidation sites excluding steroid dienone is 20. The minimum Gasteiger partial charge on any atom is -0.508 e. The summed E-state index contributed by atoms with van der Waals surface area (Å²) in [6.45, 7) is 24.3. The van der Waals surface area contributed by atoms with E-state index in [9.17, 15) is 34.2 Å². The van der Waals surface area contributed by atoms with Crippen LogP contribution in [-0.4, -0.2) is 57.2 Å². The molecule has 0 aromatic heterocycles. The van der Waals surface area contributed by atoms with Gasteiger partial charge in [-0.3, -0.25) is 24.0 Å². The minimum absolute atomic E-state index is 0.0413. The van der Waals surface area contributed by atoms with Gasteiger partial charge < -0.3 is 29.5 Å². The van der Waals surface area contributed by atoms with Crippen LogP contribution in [0.2, 0.25) is 0 Å². The normalized spacial score (nSPS) is 19.1. The number of carbonyl (C=O) groups excluding carboxylic acids is 4. The largest absolute Gasteiger partial charge is 0.508 e. The second-order valence-electron chi connectivity index (χ2n) is 20.1. The van der Waals surface area contributed by atoms with E-state index >= 15 is 0 Å². The third kappa shape index (κ3) is 19.0. The lowest BCUT2D eigenvalue weighted by molar-refractivity contribution is -0.157. The number of hydrogen-bond acceptors (Lipinski definition) is 10. The number of benzene rings is 2. The van der Waals surface area contributed by atoms with E-state index in [1.807, 2.05) is 121 Å². The Kier molecular flexibility index (Phi) is 21.7. The van der Waals surface area contributed by atoms with Crippen molar-refractivity contribution in [2.45, 2.75) is 120 Å². The first-order valence-corrected chi connectivity index (χ1v) is 24.7. The maximum Gasteiger partial charge on any atom is 0.311 e. The number of phenolic OH excluding ortho intramolecular Hbond substituents is 2. The van der Waals surface area contributed by atoms with E-state index < -0.39 is 41.5 Å². The van der Waals surface area contributed by atoms with Crippen LogP contribution in [0.1, 0.15) is 119 Å². The summed E-state index contributed by atoms with van der Waals surface area (Å²) in [6.07, 6.45) is 30.3. The molecule has 2 aliphatic rings. The van der Waals surface area contributed by atoms with Crippen molar-refractivity contribution in [2.75, 3.05) is 0 Å². The maximum absolute atomic E-state index is 13.1. The van der Waals surface area contributed by atoms with Gasteiger partial charge >= 0.3 is 23.9 Å². The average Bonchev–Trinajstić information content (AvgIpc) is 3.31. The van der Waals surface area contributed by atoms with Crippen molar-refractivity contribution < 1.29 is 53.5 Å². The first-order valence-electron chi connectivity index (χ1n) is 24.7. The summed E-state index contributed by atoms with van der Waals surface area (Å²) in [6, 6.07) is 11.1. The minimum atomic E-state index is -1.09. The van der Waals surface area contributed by atoms with Crippen LogP contribution in [0, 0.1) is 10.8 Å². The van der Waals surface area contributed by atoms with Gasteiger partial charge in [-0.25, -0.2) is 0 Å². The van der Waals surface area contributed by atoms with Crippen molar-refractivity contribution in [3.05, 3.63) is 195 Å². The van der Waals surface area contributed by atoms with Gasteiger partial charge in [-0.1, -0.05) is 166 Å². The average molecular weight is 1010 g/mol. The zero-order valence-corrected chi connectivity index (χ0v) is 44.5. The second kappa shape index (κ2) is 27.3. The number of carboxylic acid groups (broad SMARTS) is 1. The van der Waals surface area contributed by atoms with E-state index in [1.54, 1.807) is 43.3 Å². The van der Waals surface area contributed by atoms with Crippen LogP contribution in [0.4, 0.5) is 0 Å². The van der Waals surface area contributed by atoms with Crippen molar-refractivity contribution in [1.29, 1.82) is 0 Å². The molecule has 0 saturated heterocycles. The fourth-order valence-corrected chi connectivity index (χ4v) is 8.43. The fraction of sp³-hybridized carbons (Fsp3) is 0.317. The molecule has 0 heterocycles. The number of esters is 3. The van der Waals surface area contributed by atoms with Crippen molar-refractivity contribution in [2.24, 2.45) is 10.8 Å². The lowest BCUT2D eigenvalue weighted by Gasteiger charge is -2.38. The molecular weight excluding hydrogens is 933 g/mol. The Balaban J connectivity index is 1.23. The molecule has 2 unspecified atom stereocenters. The molecule has 390 valence electrons. The second-order valence-corrected chi connectivity index (χ2v) is 20.1. The zero-order chi connectivity index (χ0) is 54.8. The third-order valence-corrected chi connectivity index (χ3v) is 12.6. The van der Waals surface area contributed by atoms with Crippen molar-refractivity contribution in [3.8, 4) is 17.2 Å². The monoisotopic (exact) mass is 1000 g/mol. The van der Waals surface area contributed by atoms with Gasteiger partial charge in [-0.2, -0.15) is 0 Å². The Morgan fingerprint density at radius 2 is 1.01 bits per heavy atom. The summed E-state index contributed by atoms with van der Waals surface area (Å²) in [7, 11) is 0. The van der Waals surface area contributed by atoms with Gasteiger partial charge in [-0.05, 0) is 122 Å². The van der Waals surface area contributed by atoms with E-state index in [0.717, 1.165) is 50.1 Å². The predicted molar refractivity (Wildman–Crippen MR) is 294 cm³/mol. The molecule has 2 aromatic carbocycles. The molecule has 0 fully saturated rings. The first-order chi connectivity index (χ1) is 34.8. The Hall–Kier alpha value is -7.79. The SMILES string of the molecule is C=C1C(C)=C(/C=C/C(C)=C/C=C/C(C)=C/C=C/C=C(C)/C=C/C=C(C)/C=C/C2=C(C)C(=O)C(OC(=O)CCC(=O)O)CC2(C)C)C(C)(C)CC1OC(=O)CCC(=O)Oc1ccc(/C=C/c2cc(O)cc(O)c2)cc1. The van der Waals surface area contributed by atoms with Crippen molar-refractivity contribution in [1.82, 2.24) is 0 Å². The highest BCUT2D eigenvalue weighted by Crippen LogP contribution is 2.44. The van der Waals surface area contributed by atoms with E-state index in [2.05, 4.69) is 32.6 Å². The van der Waals surface area contributed by atoms with Gasteiger partial charge in [0.15, 0.2) is 11.9 Å². The summed E-state index contributed by atoms with van der Waals surface area (Å²) in [4.78, 5) is 61.5. The first kappa shape index (κ1) is 58.8. The molecule has 11 nitrogen and oxygen atoms in total. The molecule has 2 atom stereocenters. The summed E-state index contributed by atoms with van der Waals surface area (Å²) >= 11 is 0. The van der Waals surface area contributed by atoms with Crippen LogP contribution in [0.15, 0.2) is 184 Å². The van der Waals surface area contributed by atoms with E-state index in [0.29, 0.717) is 29.7 Å². The number of hydrogen-bond donors (Lipinski definition) is 3. The number of phenols is 2. The molecule has 0 aliphatic heterocycles. The molecule has 0 radical (unpaired) electrons. The molecule has 0 saturated carbocycles. The third-order valence-electron chi connectivity index (χ3n) is 12.6. The molecular formula is C63H72O11. The van der Waals surface area contributed by atoms with Gasteiger partial charge in [0.25, 0.3) is 0 Å². The standard InChI is InChI=1S/C63H72O11/c1-41(16-12-13-17-42(2)19-15-21-44(4)23-31-54-47(7)61(71)56(40-63(54,10)11)74-59(69)33-32-57(66)67)18-14-20-43(3)22-30-53-45(5)46(6)55(39-62(53,8)9)73-60(70)35-34-58(68)72-52-28-26-48(27-29-52)24-25-49-36-50(64)38-51(65)37-49/h12-31,36-38,55-56,64-65H,6,32-35,39-40H2,1-5,7-11H3,(H,66,67)/b13-12+,18-14+,19-15+,25-24+,30-22+,31-23+,41-16+,42-17+,43-20+,44-21+. The fourth-order valence-electron chi connectivity index (χ4n) is 8.43.